The number of allylic oxidation sites excluding steroid dienone is 1. The van der Waals surface area contributed by atoms with Crippen LogP contribution in [-0.2, 0) is 44.5 Å². The molecule has 10 atom stereocenters. The number of carbonyl (C=O) groups is 4. The molecule has 0 spiro atoms. The molecule has 0 unspecified atom stereocenters. The summed E-state index contributed by atoms with van der Waals surface area (Å²) < 4.78 is 32.9. The van der Waals surface area contributed by atoms with E-state index < -0.39 is 116 Å². The molecule has 0 aromatic heterocycles. The van der Waals surface area contributed by atoms with E-state index in [1.54, 1.807) is 0 Å². The van der Waals surface area contributed by atoms with E-state index in [-0.39, 0.29) is 41.4 Å². The Kier molecular flexibility index (Phi) is 13.3. The second-order valence-electron chi connectivity index (χ2n) is 14.4. The lowest BCUT2D eigenvalue weighted by Crippen LogP contribution is -2.62. The third-order valence-electron chi connectivity index (χ3n) is 10.2. The SMILES string of the molecule is COc1cc(/C=C/C(=O)OC[C@@]2(O)CO[C@@H](O[C@H]3[C@H](Oc4cc5c(cc4O)N(/C=C/C4=CC(C(=O)O)=N[C@H](C(=O)O)C4)[C@H](C(=O)O)C5)O[C@H](CO)[C@@H](O)[C@@H]3O)[C@@H]2O)ccc1O. The number of aliphatic carboxylic acids is 3. The molecule has 2 saturated heterocycles. The molecule has 2 aromatic carbocycles. The third-order valence-corrected chi connectivity index (χ3v) is 10.2. The lowest BCUT2D eigenvalue weighted by Gasteiger charge is -2.42. The molecule has 0 saturated carbocycles. The maximum Gasteiger partial charge on any atom is 0.354 e. The maximum absolute atomic E-state index is 12.5. The van der Waals surface area contributed by atoms with Crippen LogP contribution in [0, 0.1) is 0 Å². The zero-order valence-corrected chi connectivity index (χ0v) is 32.0. The van der Waals surface area contributed by atoms with Gasteiger partial charge in [0.15, 0.2) is 47.0 Å². The Labute approximate surface area is 344 Å². The monoisotopic (exact) mass is 858 g/mol. The number of anilines is 1. The normalized spacial score (nSPS) is 29.9. The Morgan fingerprint density at radius 1 is 0.951 bits per heavy atom. The van der Waals surface area contributed by atoms with Crippen LogP contribution in [0.5, 0.6) is 23.0 Å². The summed E-state index contributed by atoms with van der Waals surface area (Å²) in [7, 11) is 1.35. The lowest BCUT2D eigenvalue weighted by molar-refractivity contribution is -0.319. The number of phenols is 2. The number of carboxylic acid groups (broad SMARTS) is 3. The van der Waals surface area contributed by atoms with Gasteiger partial charge >= 0.3 is 23.9 Å². The predicted molar refractivity (Wildman–Crippen MR) is 203 cm³/mol. The summed E-state index contributed by atoms with van der Waals surface area (Å²) in [5, 5.41) is 104. The van der Waals surface area contributed by atoms with E-state index in [0.717, 1.165) is 18.2 Å². The molecule has 4 heterocycles. The molecule has 2 fully saturated rings. The number of phenolic OH excluding ortho intramolecular Hbond substituents is 2. The van der Waals surface area contributed by atoms with Crippen molar-refractivity contribution in [2.75, 3.05) is 31.8 Å². The topological polar surface area (TPSA) is 342 Å². The molecule has 61 heavy (non-hydrogen) atoms. The van der Waals surface area contributed by atoms with E-state index in [9.17, 15) is 70.2 Å². The maximum atomic E-state index is 12.5. The second kappa shape index (κ2) is 18.2. The van der Waals surface area contributed by atoms with Crippen LogP contribution >= 0.6 is 0 Å². The van der Waals surface area contributed by atoms with E-state index in [0.29, 0.717) is 11.1 Å². The molecule has 328 valence electrons. The molecule has 4 aliphatic rings. The van der Waals surface area contributed by atoms with Crippen LogP contribution in [0.4, 0.5) is 5.69 Å². The summed E-state index contributed by atoms with van der Waals surface area (Å²) >= 11 is 0. The molecule has 0 aliphatic carbocycles. The number of aliphatic hydroxyl groups is 5. The first kappa shape index (κ1) is 44.4. The van der Waals surface area contributed by atoms with E-state index in [1.165, 1.54) is 54.6 Å². The number of aliphatic hydroxyl groups excluding tert-OH is 4. The zero-order chi connectivity index (χ0) is 44.3. The zero-order valence-electron chi connectivity index (χ0n) is 32.0. The smallest absolute Gasteiger partial charge is 0.354 e. The van der Waals surface area contributed by atoms with Crippen LogP contribution in [0.3, 0.4) is 0 Å². The average molecular weight is 859 g/mol. The summed E-state index contributed by atoms with van der Waals surface area (Å²) in [5.41, 5.74) is -1.59. The quantitative estimate of drug-likeness (QED) is 0.0731. The number of aliphatic imine (C=N–C) groups is 1. The van der Waals surface area contributed by atoms with E-state index in [2.05, 4.69) is 4.99 Å². The molecule has 6 rings (SSSR count). The highest BCUT2D eigenvalue weighted by molar-refractivity contribution is 6.41. The van der Waals surface area contributed by atoms with Crippen molar-refractivity contribution in [1.82, 2.24) is 0 Å². The predicted octanol–water partition coefficient (Wildman–Crippen LogP) is -1.35. The van der Waals surface area contributed by atoms with E-state index in [1.807, 2.05) is 0 Å². The number of carboxylic acids is 3. The first-order valence-corrected chi connectivity index (χ1v) is 18.4. The van der Waals surface area contributed by atoms with Gasteiger partial charge in [0.2, 0.25) is 6.29 Å². The molecule has 0 bridgehead atoms. The molecule has 4 aliphatic heterocycles. The van der Waals surface area contributed by atoms with Crippen LogP contribution in [0.1, 0.15) is 17.5 Å². The van der Waals surface area contributed by atoms with Crippen molar-refractivity contribution in [3.8, 4) is 23.0 Å². The van der Waals surface area contributed by atoms with Gasteiger partial charge in [-0.3, -0.25) is 4.99 Å². The van der Waals surface area contributed by atoms with E-state index in [4.69, 9.17) is 28.4 Å². The number of aromatic hydroxyl groups is 2. The van der Waals surface area contributed by atoms with Gasteiger partial charge in [-0.15, -0.1) is 0 Å². The van der Waals surface area contributed by atoms with Crippen LogP contribution < -0.4 is 14.4 Å². The minimum absolute atomic E-state index is 0.120. The van der Waals surface area contributed by atoms with Gasteiger partial charge in [0, 0.05) is 36.9 Å². The van der Waals surface area contributed by atoms with Crippen LogP contribution in [0.25, 0.3) is 6.08 Å². The summed E-state index contributed by atoms with van der Waals surface area (Å²) in [5.74, 6) is -5.95. The van der Waals surface area contributed by atoms with Gasteiger partial charge in [0.25, 0.3) is 0 Å². The number of nitrogens with zero attached hydrogens (tertiary/aromatic N) is 2. The molecule has 10 N–H and O–H groups in total. The lowest BCUT2D eigenvalue weighted by atomic mass is 9.98. The van der Waals surface area contributed by atoms with Crippen molar-refractivity contribution >= 4 is 41.4 Å². The van der Waals surface area contributed by atoms with Gasteiger partial charge in [0.1, 0.15) is 42.8 Å². The summed E-state index contributed by atoms with van der Waals surface area (Å²) in [6.07, 6.45) is -6.60. The van der Waals surface area contributed by atoms with Gasteiger partial charge in [-0.1, -0.05) is 6.07 Å². The average Bonchev–Trinajstić information content (AvgIpc) is 3.73. The highest BCUT2D eigenvalue weighted by Gasteiger charge is 2.54. The van der Waals surface area contributed by atoms with Gasteiger partial charge < -0.3 is 84.4 Å². The van der Waals surface area contributed by atoms with E-state index >= 15 is 0 Å². The standard InChI is InChI=1S/C39H42N2O20/c1-56-26-10-17(2-4-24(26)43)3-5-29(45)57-15-39(55)16-58-38(33(39)48)61-32-31(47)30(46)28(14-42)60-37(32)59-27-12-19-11-23(36(53)54)41(22(19)13-25(27)44)7-6-18-8-20(34(49)50)40-21(9-18)35(51)52/h2-8,10,12-13,21,23,28,30-33,37-38,42-44,46-48,55H,9,11,14-16H2,1H3,(H,49,50)(H,51,52)(H,53,54)/b5-3+,7-6+/t21-,23-,28+,30+,31-,32+,33-,37+,38-,39+/m0/s1. The molecule has 0 radical (unpaired) electrons. The highest BCUT2D eigenvalue weighted by atomic mass is 16.8. The number of hydrogen-bond acceptors (Lipinski definition) is 19. The number of ether oxygens (including phenoxy) is 6. The number of benzene rings is 2. The Bertz CT molecular complexity index is 2150. The molecular weight excluding hydrogens is 816 g/mol. The van der Waals surface area contributed by atoms with Gasteiger partial charge in [-0.25, -0.2) is 19.2 Å². The van der Waals surface area contributed by atoms with Crippen molar-refractivity contribution in [2.24, 2.45) is 4.99 Å². The minimum atomic E-state index is -2.24. The van der Waals surface area contributed by atoms with Gasteiger partial charge in [-0.05, 0) is 53.1 Å². The van der Waals surface area contributed by atoms with Crippen molar-refractivity contribution in [2.45, 2.75) is 73.6 Å². The molecule has 22 nitrogen and oxygen atoms in total. The molecule has 2 aromatic rings. The van der Waals surface area contributed by atoms with Crippen molar-refractivity contribution < 1.29 is 98.7 Å². The summed E-state index contributed by atoms with van der Waals surface area (Å²) in [6.45, 7) is -2.26. The fourth-order valence-electron chi connectivity index (χ4n) is 6.90. The second-order valence-corrected chi connectivity index (χ2v) is 14.4. The summed E-state index contributed by atoms with van der Waals surface area (Å²) in [4.78, 5) is 52.9. The third kappa shape index (κ3) is 9.61. The fourth-order valence-corrected chi connectivity index (χ4v) is 6.90. The molecule has 0 amide bonds. The Balaban J connectivity index is 1.17. The van der Waals surface area contributed by atoms with Gasteiger partial charge in [-0.2, -0.15) is 0 Å². The van der Waals surface area contributed by atoms with Gasteiger partial charge in [0.05, 0.1) is 20.3 Å². The Morgan fingerprint density at radius 3 is 2.38 bits per heavy atom. The van der Waals surface area contributed by atoms with Crippen molar-refractivity contribution in [1.29, 1.82) is 0 Å². The minimum Gasteiger partial charge on any atom is -0.504 e. The number of rotatable bonds is 15. The number of hydrogen-bond donors (Lipinski definition) is 10. The fraction of sp³-hybridized carbons (Fsp3) is 0.410. The van der Waals surface area contributed by atoms with Crippen molar-refractivity contribution in [3.63, 3.8) is 0 Å². The number of carbonyl (C=O) groups excluding carboxylic acids is 1. The first-order valence-electron chi connectivity index (χ1n) is 18.4. The van der Waals surface area contributed by atoms with Crippen LogP contribution in [-0.4, -0.2) is 168 Å². The Hall–Kier alpha value is -6.11. The van der Waals surface area contributed by atoms with Crippen LogP contribution in [0.15, 0.2) is 65.3 Å². The first-order chi connectivity index (χ1) is 28.9. The largest absolute Gasteiger partial charge is 0.504 e. The highest BCUT2D eigenvalue weighted by Crippen LogP contribution is 2.42. The van der Waals surface area contributed by atoms with Crippen molar-refractivity contribution in [3.05, 3.63) is 71.5 Å². The number of esters is 1. The summed E-state index contributed by atoms with van der Waals surface area (Å²) in [6, 6.07) is 4.05. The number of dihydropyridines is 1. The number of fused-ring (bicyclic) bond motifs is 1. The number of methoxy groups -OCH3 is 1. The molecule has 22 heteroatoms. The van der Waals surface area contributed by atoms with Crippen LogP contribution in [0.2, 0.25) is 0 Å². The Morgan fingerprint density at radius 2 is 1.70 bits per heavy atom. The molecular formula is C39H42N2O20.